The SMILES string of the molecule is CCc1c(Cl)cncc1CC(C)CC. The molecule has 1 nitrogen and oxygen atoms in total. The molecule has 0 bridgehead atoms. The van der Waals surface area contributed by atoms with Crippen LogP contribution >= 0.6 is 11.6 Å². The third-order valence-electron chi connectivity index (χ3n) is 2.71. The molecule has 1 aromatic heterocycles. The summed E-state index contributed by atoms with van der Waals surface area (Å²) in [4.78, 5) is 4.15. The quantitative estimate of drug-likeness (QED) is 0.737. The van der Waals surface area contributed by atoms with Crippen molar-refractivity contribution >= 4 is 11.6 Å². The summed E-state index contributed by atoms with van der Waals surface area (Å²) in [6.07, 6.45) is 6.98. The Balaban J connectivity index is 2.90. The Morgan fingerprint density at radius 3 is 2.64 bits per heavy atom. The number of aromatic nitrogens is 1. The smallest absolute Gasteiger partial charge is 0.0623 e. The normalized spacial score (nSPS) is 12.9. The lowest BCUT2D eigenvalue weighted by Gasteiger charge is -2.12. The molecule has 0 saturated carbocycles. The lowest BCUT2D eigenvalue weighted by atomic mass is 9.96. The first-order valence-corrected chi connectivity index (χ1v) is 5.68. The standard InChI is InChI=1S/C12H18ClN/c1-4-9(3)6-10-7-14-8-12(13)11(10)5-2/h7-9H,4-6H2,1-3H3. The van der Waals surface area contributed by atoms with Crippen molar-refractivity contribution in [3.05, 3.63) is 28.5 Å². The van der Waals surface area contributed by atoms with Gasteiger partial charge in [-0.05, 0) is 29.9 Å². The number of hydrogen-bond acceptors (Lipinski definition) is 1. The van der Waals surface area contributed by atoms with Gasteiger partial charge in [0.1, 0.15) is 0 Å². The average Bonchev–Trinajstić information content (AvgIpc) is 2.18. The number of halogens is 1. The summed E-state index contributed by atoms with van der Waals surface area (Å²) >= 11 is 6.09. The minimum absolute atomic E-state index is 0.709. The Morgan fingerprint density at radius 2 is 2.07 bits per heavy atom. The van der Waals surface area contributed by atoms with Crippen LogP contribution in [0.25, 0.3) is 0 Å². The summed E-state index contributed by atoms with van der Waals surface area (Å²) in [6, 6.07) is 0. The average molecular weight is 212 g/mol. The molecule has 0 aliphatic heterocycles. The summed E-state index contributed by atoms with van der Waals surface area (Å²) in [6.45, 7) is 6.62. The molecule has 0 saturated heterocycles. The molecule has 78 valence electrons. The molecule has 0 radical (unpaired) electrons. The van der Waals surface area contributed by atoms with Crippen LogP contribution in [-0.4, -0.2) is 4.98 Å². The zero-order chi connectivity index (χ0) is 10.6. The first kappa shape index (κ1) is 11.5. The van der Waals surface area contributed by atoms with Crippen molar-refractivity contribution in [2.45, 2.75) is 40.0 Å². The van der Waals surface area contributed by atoms with Crippen LogP contribution in [0.2, 0.25) is 5.02 Å². The van der Waals surface area contributed by atoms with E-state index < -0.39 is 0 Å². The minimum Gasteiger partial charge on any atom is -0.263 e. The van der Waals surface area contributed by atoms with Crippen molar-refractivity contribution in [3.8, 4) is 0 Å². The lowest BCUT2D eigenvalue weighted by Crippen LogP contribution is -2.02. The summed E-state index contributed by atoms with van der Waals surface area (Å²) in [7, 11) is 0. The second kappa shape index (κ2) is 5.35. The van der Waals surface area contributed by atoms with Gasteiger partial charge in [-0.1, -0.05) is 38.8 Å². The van der Waals surface area contributed by atoms with Gasteiger partial charge in [-0.25, -0.2) is 0 Å². The fourth-order valence-electron chi connectivity index (χ4n) is 1.59. The first-order valence-electron chi connectivity index (χ1n) is 5.30. The summed E-state index contributed by atoms with van der Waals surface area (Å²) in [5.74, 6) is 0.709. The van der Waals surface area contributed by atoms with Crippen LogP contribution in [0, 0.1) is 5.92 Å². The van der Waals surface area contributed by atoms with Gasteiger partial charge >= 0.3 is 0 Å². The van der Waals surface area contributed by atoms with E-state index in [1.54, 1.807) is 6.20 Å². The van der Waals surface area contributed by atoms with Crippen LogP contribution in [0.1, 0.15) is 38.3 Å². The fraction of sp³-hybridized carbons (Fsp3) is 0.583. The van der Waals surface area contributed by atoms with E-state index in [-0.39, 0.29) is 0 Å². The highest BCUT2D eigenvalue weighted by Crippen LogP contribution is 2.22. The molecule has 1 rings (SSSR count). The molecule has 1 aromatic rings. The number of nitrogens with zero attached hydrogens (tertiary/aromatic N) is 1. The highest BCUT2D eigenvalue weighted by Gasteiger charge is 2.08. The molecule has 1 unspecified atom stereocenters. The van der Waals surface area contributed by atoms with Gasteiger partial charge in [0.05, 0.1) is 5.02 Å². The maximum absolute atomic E-state index is 6.09. The van der Waals surface area contributed by atoms with Crippen molar-refractivity contribution in [3.63, 3.8) is 0 Å². The van der Waals surface area contributed by atoms with Gasteiger partial charge in [-0.2, -0.15) is 0 Å². The second-order valence-corrected chi connectivity index (χ2v) is 4.24. The van der Waals surface area contributed by atoms with Gasteiger partial charge in [0.15, 0.2) is 0 Å². The summed E-state index contributed by atoms with van der Waals surface area (Å²) in [5, 5.41) is 0.813. The maximum Gasteiger partial charge on any atom is 0.0623 e. The van der Waals surface area contributed by atoms with Crippen LogP contribution < -0.4 is 0 Å². The molecule has 1 heterocycles. The highest BCUT2D eigenvalue weighted by atomic mass is 35.5. The second-order valence-electron chi connectivity index (χ2n) is 3.83. The van der Waals surface area contributed by atoms with Crippen LogP contribution in [-0.2, 0) is 12.8 Å². The van der Waals surface area contributed by atoms with E-state index in [0.717, 1.165) is 17.9 Å². The van der Waals surface area contributed by atoms with E-state index in [4.69, 9.17) is 11.6 Å². The molecular weight excluding hydrogens is 194 g/mol. The predicted molar refractivity (Wildman–Crippen MR) is 61.8 cm³/mol. The Kier molecular flexibility index (Phi) is 4.40. The van der Waals surface area contributed by atoms with Crippen molar-refractivity contribution in [1.82, 2.24) is 4.98 Å². The van der Waals surface area contributed by atoms with Gasteiger partial charge in [-0.3, -0.25) is 4.98 Å². The fourth-order valence-corrected chi connectivity index (χ4v) is 1.90. The molecule has 0 aliphatic rings. The molecule has 0 amide bonds. The van der Waals surface area contributed by atoms with E-state index in [1.807, 2.05) is 6.20 Å². The van der Waals surface area contributed by atoms with Gasteiger partial charge < -0.3 is 0 Å². The Labute approximate surface area is 91.5 Å². The van der Waals surface area contributed by atoms with E-state index in [0.29, 0.717) is 5.92 Å². The first-order chi connectivity index (χ1) is 6.69. The van der Waals surface area contributed by atoms with Gasteiger partial charge in [0.25, 0.3) is 0 Å². The third-order valence-corrected chi connectivity index (χ3v) is 3.04. The molecular formula is C12H18ClN. The molecule has 0 fully saturated rings. The number of pyridine rings is 1. The summed E-state index contributed by atoms with van der Waals surface area (Å²) in [5.41, 5.74) is 2.58. The van der Waals surface area contributed by atoms with Crippen molar-refractivity contribution in [1.29, 1.82) is 0 Å². The van der Waals surface area contributed by atoms with Gasteiger partial charge in [0, 0.05) is 12.4 Å². The predicted octanol–water partition coefficient (Wildman–Crippen LogP) is 3.89. The topological polar surface area (TPSA) is 12.9 Å². The molecule has 0 spiro atoms. The van der Waals surface area contributed by atoms with E-state index in [2.05, 4.69) is 25.8 Å². The molecule has 14 heavy (non-hydrogen) atoms. The van der Waals surface area contributed by atoms with Gasteiger partial charge in [0.2, 0.25) is 0 Å². The number of hydrogen-bond donors (Lipinski definition) is 0. The lowest BCUT2D eigenvalue weighted by molar-refractivity contribution is 0.557. The van der Waals surface area contributed by atoms with Crippen LogP contribution in [0.15, 0.2) is 12.4 Å². The molecule has 2 heteroatoms. The Bertz CT molecular complexity index is 296. The Hall–Kier alpha value is -0.560. The van der Waals surface area contributed by atoms with E-state index in [1.165, 1.54) is 17.5 Å². The molecule has 0 aromatic carbocycles. The monoisotopic (exact) mass is 211 g/mol. The molecule has 0 aliphatic carbocycles. The molecule has 1 atom stereocenters. The maximum atomic E-state index is 6.09. The van der Waals surface area contributed by atoms with E-state index in [9.17, 15) is 0 Å². The third kappa shape index (κ3) is 2.71. The van der Waals surface area contributed by atoms with Crippen molar-refractivity contribution < 1.29 is 0 Å². The minimum atomic E-state index is 0.709. The highest BCUT2D eigenvalue weighted by molar-refractivity contribution is 6.31. The van der Waals surface area contributed by atoms with Gasteiger partial charge in [-0.15, -0.1) is 0 Å². The van der Waals surface area contributed by atoms with Crippen LogP contribution in [0.4, 0.5) is 0 Å². The van der Waals surface area contributed by atoms with Crippen molar-refractivity contribution in [2.24, 2.45) is 5.92 Å². The molecule has 0 N–H and O–H groups in total. The van der Waals surface area contributed by atoms with Crippen LogP contribution in [0.3, 0.4) is 0 Å². The Morgan fingerprint density at radius 1 is 1.36 bits per heavy atom. The number of rotatable bonds is 4. The zero-order valence-electron chi connectivity index (χ0n) is 9.18. The van der Waals surface area contributed by atoms with Crippen LogP contribution in [0.5, 0.6) is 0 Å². The zero-order valence-corrected chi connectivity index (χ0v) is 9.93. The van der Waals surface area contributed by atoms with Crippen molar-refractivity contribution in [2.75, 3.05) is 0 Å². The summed E-state index contributed by atoms with van der Waals surface area (Å²) < 4.78 is 0. The largest absolute Gasteiger partial charge is 0.263 e. The van der Waals surface area contributed by atoms with E-state index >= 15 is 0 Å².